The fraction of sp³-hybridized carbons (Fsp3) is 0.154. The maximum Gasteiger partial charge on any atom is 0.257 e. The van der Waals surface area contributed by atoms with E-state index in [1.807, 2.05) is 0 Å². The second-order valence-corrected chi connectivity index (χ2v) is 5.64. The monoisotopic (exact) mass is 291 g/mol. The molecule has 0 fully saturated rings. The van der Waals surface area contributed by atoms with Crippen LogP contribution < -0.4 is 4.72 Å². The van der Waals surface area contributed by atoms with Gasteiger partial charge in [0.25, 0.3) is 10.0 Å². The molecule has 0 aliphatic carbocycles. The van der Waals surface area contributed by atoms with Gasteiger partial charge in [0.05, 0.1) is 6.20 Å². The van der Waals surface area contributed by atoms with Crippen molar-refractivity contribution >= 4 is 10.0 Å². The van der Waals surface area contributed by atoms with Crippen LogP contribution in [0, 0.1) is 11.8 Å². The Kier molecular flexibility index (Phi) is 4.53. The number of nitrogens with zero attached hydrogens (tertiary/aromatic N) is 1. The summed E-state index contributed by atoms with van der Waals surface area (Å²) in [7, 11) is -3.57. The van der Waals surface area contributed by atoms with Crippen molar-refractivity contribution in [1.29, 1.82) is 0 Å². The molecule has 2 rings (SSSR count). The van der Waals surface area contributed by atoms with E-state index in [-0.39, 0.29) is 18.2 Å². The second-order valence-electron chi connectivity index (χ2n) is 3.90. The van der Waals surface area contributed by atoms with Crippen molar-refractivity contribution in [2.75, 3.05) is 6.61 Å². The number of benzene rings is 1. The first kappa shape index (κ1) is 14.3. The summed E-state index contributed by atoms with van der Waals surface area (Å²) in [5, 5.41) is 14.6. The van der Waals surface area contributed by atoms with Gasteiger partial charge < -0.3 is 5.11 Å². The molecule has 0 spiro atoms. The van der Waals surface area contributed by atoms with Gasteiger partial charge in [0, 0.05) is 12.1 Å². The number of sulfonamides is 1. The molecule has 2 aromatic rings. The van der Waals surface area contributed by atoms with Crippen molar-refractivity contribution in [1.82, 2.24) is 14.9 Å². The van der Waals surface area contributed by atoms with Crippen molar-refractivity contribution < 1.29 is 13.5 Å². The third kappa shape index (κ3) is 3.68. The summed E-state index contributed by atoms with van der Waals surface area (Å²) in [5.41, 5.74) is 1.57. The zero-order chi connectivity index (χ0) is 14.4. The highest BCUT2D eigenvalue weighted by Gasteiger charge is 2.14. The Morgan fingerprint density at radius 1 is 1.25 bits per heavy atom. The minimum atomic E-state index is -3.57. The molecule has 104 valence electrons. The van der Waals surface area contributed by atoms with Gasteiger partial charge in [-0.05, 0) is 23.8 Å². The van der Waals surface area contributed by atoms with Gasteiger partial charge in [-0.15, -0.1) is 0 Å². The summed E-state index contributed by atoms with van der Waals surface area (Å²) in [4.78, 5) is 0. The largest absolute Gasteiger partial charge is 0.384 e. The summed E-state index contributed by atoms with van der Waals surface area (Å²) in [6.07, 6.45) is 1.38. The summed E-state index contributed by atoms with van der Waals surface area (Å²) in [6, 6.07) is 8.47. The number of nitrogens with one attached hydrogen (secondary N) is 2. The van der Waals surface area contributed by atoms with Gasteiger partial charge in [0.1, 0.15) is 6.61 Å². The van der Waals surface area contributed by atoms with Crippen molar-refractivity contribution in [2.24, 2.45) is 0 Å². The highest BCUT2D eigenvalue weighted by molar-refractivity contribution is 7.89. The van der Waals surface area contributed by atoms with E-state index in [1.54, 1.807) is 24.3 Å². The standard InChI is InChI=1S/C13H13N3O3S/c17-9-1-2-11-3-5-12(6-4-11)10-15-20(18,19)13-7-8-14-16-13/h3-8,15,17H,9-10H2,(H,14,16). The van der Waals surface area contributed by atoms with E-state index < -0.39 is 10.0 Å². The van der Waals surface area contributed by atoms with E-state index in [0.717, 1.165) is 11.1 Å². The number of aliphatic hydroxyl groups excluding tert-OH is 1. The topological polar surface area (TPSA) is 95.1 Å². The van der Waals surface area contributed by atoms with Crippen LogP contribution in [0.15, 0.2) is 41.6 Å². The normalized spacial score (nSPS) is 10.8. The Bertz CT molecular complexity index is 710. The Morgan fingerprint density at radius 2 is 2.00 bits per heavy atom. The average Bonchev–Trinajstić information content (AvgIpc) is 2.99. The molecule has 0 radical (unpaired) electrons. The van der Waals surface area contributed by atoms with Crippen molar-refractivity contribution in [3.8, 4) is 11.8 Å². The number of aromatic amines is 1. The fourth-order valence-corrected chi connectivity index (χ4v) is 2.42. The van der Waals surface area contributed by atoms with E-state index in [1.165, 1.54) is 12.3 Å². The SMILES string of the molecule is O=S(=O)(NCc1ccc(C#CCO)cc1)c1ccn[nH]1. The van der Waals surface area contributed by atoms with Crippen LogP contribution in [-0.2, 0) is 16.6 Å². The molecule has 0 amide bonds. The van der Waals surface area contributed by atoms with E-state index in [9.17, 15) is 8.42 Å². The first-order chi connectivity index (χ1) is 9.62. The van der Waals surface area contributed by atoms with Crippen molar-refractivity contribution in [3.63, 3.8) is 0 Å². The Hall–Kier alpha value is -2.14. The van der Waals surface area contributed by atoms with E-state index >= 15 is 0 Å². The molecule has 0 saturated heterocycles. The van der Waals surface area contributed by atoms with Crippen LogP contribution in [0.3, 0.4) is 0 Å². The third-order valence-corrected chi connectivity index (χ3v) is 3.83. The van der Waals surface area contributed by atoms with Crippen LogP contribution in [0.5, 0.6) is 0 Å². The summed E-state index contributed by atoms with van der Waals surface area (Å²) in [5.74, 6) is 5.31. The Balaban J connectivity index is 2.01. The number of H-pyrrole nitrogens is 1. The zero-order valence-corrected chi connectivity index (χ0v) is 11.3. The number of aromatic nitrogens is 2. The molecular weight excluding hydrogens is 278 g/mol. The lowest BCUT2D eigenvalue weighted by Crippen LogP contribution is -2.23. The van der Waals surface area contributed by atoms with Crippen molar-refractivity contribution in [3.05, 3.63) is 47.7 Å². The summed E-state index contributed by atoms with van der Waals surface area (Å²) in [6.45, 7) is -0.0131. The molecule has 1 aromatic carbocycles. The van der Waals surface area contributed by atoms with Gasteiger partial charge in [-0.1, -0.05) is 24.0 Å². The number of rotatable bonds is 4. The molecule has 0 saturated carbocycles. The van der Waals surface area contributed by atoms with Gasteiger partial charge in [-0.25, -0.2) is 13.1 Å². The molecule has 0 atom stereocenters. The molecule has 1 aromatic heterocycles. The fourth-order valence-electron chi connectivity index (χ4n) is 1.50. The molecular formula is C13H13N3O3S. The zero-order valence-electron chi connectivity index (χ0n) is 10.5. The predicted octanol–water partition coefficient (Wildman–Crippen LogP) is 0.232. The molecule has 0 aliphatic rings. The molecule has 20 heavy (non-hydrogen) atoms. The lowest BCUT2D eigenvalue weighted by atomic mass is 10.1. The van der Waals surface area contributed by atoms with Crippen LogP contribution in [0.1, 0.15) is 11.1 Å². The lowest BCUT2D eigenvalue weighted by molar-refractivity contribution is 0.350. The first-order valence-electron chi connectivity index (χ1n) is 5.79. The average molecular weight is 291 g/mol. The van der Waals surface area contributed by atoms with Gasteiger partial charge >= 0.3 is 0 Å². The molecule has 6 nitrogen and oxygen atoms in total. The van der Waals surface area contributed by atoms with Crippen molar-refractivity contribution in [2.45, 2.75) is 11.6 Å². The quantitative estimate of drug-likeness (QED) is 0.703. The summed E-state index contributed by atoms with van der Waals surface area (Å²) < 4.78 is 26.2. The van der Waals surface area contributed by atoms with E-state index in [0.29, 0.717) is 0 Å². The highest BCUT2D eigenvalue weighted by Crippen LogP contribution is 2.06. The lowest BCUT2D eigenvalue weighted by Gasteiger charge is -2.04. The van der Waals surface area contributed by atoms with Gasteiger partial charge in [0.15, 0.2) is 5.03 Å². The smallest absolute Gasteiger partial charge is 0.257 e. The van der Waals surface area contributed by atoms with Crippen LogP contribution in [0.2, 0.25) is 0 Å². The number of aliphatic hydroxyl groups is 1. The molecule has 3 N–H and O–H groups in total. The maximum atomic E-state index is 11.8. The molecule has 0 aliphatic heterocycles. The molecule has 0 bridgehead atoms. The molecule has 0 unspecified atom stereocenters. The minimum absolute atomic E-state index is 0.0305. The number of hydrogen-bond donors (Lipinski definition) is 3. The summed E-state index contributed by atoms with van der Waals surface area (Å²) >= 11 is 0. The molecule has 7 heteroatoms. The number of hydrogen-bond acceptors (Lipinski definition) is 4. The highest BCUT2D eigenvalue weighted by atomic mass is 32.2. The second kappa shape index (κ2) is 6.34. The third-order valence-electron chi connectivity index (χ3n) is 2.50. The van der Waals surface area contributed by atoms with E-state index in [2.05, 4.69) is 26.8 Å². The molecule has 1 heterocycles. The van der Waals surface area contributed by atoms with E-state index in [4.69, 9.17) is 5.11 Å². The van der Waals surface area contributed by atoms with Crippen LogP contribution in [0.25, 0.3) is 0 Å². The van der Waals surface area contributed by atoms with Gasteiger partial charge in [-0.2, -0.15) is 5.10 Å². The van der Waals surface area contributed by atoms with Crippen LogP contribution in [-0.4, -0.2) is 30.3 Å². The van der Waals surface area contributed by atoms with Gasteiger partial charge in [-0.3, -0.25) is 5.10 Å². The van der Waals surface area contributed by atoms with Gasteiger partial charge in [0.2, 0.25) is 0 Å². The Morgan fingerprint density at radius 3 is 2.60 bits per heavy atom. The predicted molar refractivity (Wildman–Crippen MR) is 73.0 cm³/mol. The maximum absolute atomic E-state index is 11.8. The van der Waals surface area contributed by atoms with Crippen LogP contribution in [0.4, 0.5) is 0 Å². The minimum Gasteiger partial charge on any atom is -0.384 e. The van der Waals surface area contributed by atoms with Crippen LogP contribution >= 0.6 is 0 Å². The Labute approximate surface area is 116 Å². The first-order valence-corrected chi connectivity index (χ1v) is 7.28.